The van der Waals surface area contributed by atoms with Crippen molar-refractivity contribution in [2.24, 2.45) is 11.3 Å². The van der Waals surface area contributed by atoms with Crippen molar-refractivity contribution in [1.82, 2.24) is 30.6 Å². The number of aromatic nitrogens is 1. The van der Waals surface area contributed by atoms with E-state index in [4.69, 9.17) is 9.47 Å². The Hall–Kier alpha value is -4.40. The minimum Gasteiger partial charge on any atom is -0.497 e. The van der Waals surface area contributed by atoms with Crippen LogP contribution in [-0.2, 0) is 24.4 Å². The third kappa shape index (κ3) is 7.77. The van der Waals surface area contributed by atoms with Gasteiger partial charge in [0.2, 0.25) is 27.7 Å². The number of rotatable bonds is 12. The van der Waals surface area contributed by atoms with Crippen molar-refractivity contribution in [2.75, 3.05) is 13.7 Å². The zero-order chi connectivity index (χ0) is 36.7. The lowest BCUT2D eigenvalue weighted by molar-refractivity contribution is -0.142. The van der Waals surface area contributed by atoms with E-state index in [0.717, 1.165) is 31.1 Å². The lowest BCUT2D eigenvalue weighted by Crippen LogP contribution is -2.61. The fourth-order valence-corrected chi connectivity index (χ4v) is 8.51. The predicted octanol–water partition coefficient (Wildman–Crippen LogP) is 2.92. The normalized spacial score (nSPS) is 25.5. The van der Waals surface area contributed by atoms with Crippen LogP contribution in [0.2, 0.25) is 0 Å². The number of hydrogen-bond acceptors (Lipinski definition) is 9. The summed E-state index contributed by atoms with van der Waals surface area (Å²) in [6, 6.07) is 4.71. The Morgan fingerprint density at radius 1 is 1.10 bits per heavy atom. The SMILES string of the molecule is C=C[C@@H]1C[C@]1(NC(=O)[C@@H]1CC(Oc2nccc3cc(OC)ccc23)CN1C(=O)[C@@H](NC(=O)NC1CCCC1)C(C)(C)C)C(=O)NS(=O)(=O)C1CC1. The van der Waals surface area contributed by atoms with Gasteiger partial charge in [-0.3, -0.25) is 19.1 Å². The summed E-state index contributed by atoms with van der Waals surface area (Å²) in [5.74, 6) is -1.50. The first-order chi connectivity index (χ1) is 24.1. The second-order valence-corrected chi connectivity index (χ2v) is 17.2. The average molecular weight is 725 g/mol. The average Bonchev–Trinajstić information content (AvgIpc) is 3.96. The first-order valence-corrected chi connectivity index (χ1v) is 19.2. The van der Waals surface area contributed by atoms with E-state index >= 15 is 0 Å². The van der Waals surface area contributed by atoms with E-state index in [1.165, 1.54) is 11.0 Å². The Kier molecular flexibility index (Phi) is 9.96. The van der Waals surface area contributed by atoms with Gasteiger partial charge in [-0.05, 0) is 67.2 Å². The molecule has 1 saturated heterocycles. The van der Waals surface area contributed by atoms with Crippen LogP contribution in [0, 0.1) is 11.3 Å². The van der Waals surface area contributed by atoms with Crippen LogP contribution in [0.5, 0.6) is 11.6 Å². The molecule has 15 heteroatoms. The molecule has 5 atom stereocenters. The number of sulfonamides is 1. The summed E-state index contributed by atoms with van der Waals surface area (Å²) in [6.07, 6.45) is 7.35. The quantitative estimate of drug-likeness (QED) is 0.239. The summed E-state index contributed by atoms with van der Waals surface area (Å²) in [7, 11) is -2.31. The summed E-state index contributed by atoms with van der Waals surface area (Å²) >= 11 is 0. The minimum atomic E-state index is -3.88. The molecule has 51 heavy (non-hydrogen) atoms. The number of carbonyl (C=O) groups excluding carboxylic acids is 4. The van der Waals surface area contributed by atoms with Gasteiger partial charge in [-0.1, -0.05) is 39.7 Å². The van der Waals surface area contributed by atoms with Gasteiger partial charge < -0.3 is 30.3 Å². The van der Waals surface area contributed by atoms with Crippen LogP contribution in [0.1, 0.15) is 72.1 Å². The molecule has 1 aromatic carbocycles. The van der Waals surface area contributed by atoms with Crippen molar-refractivity contribution in [3.63, 3.8) is 0 Å². The van der Waals surface area contributed by atoms with Crippen molar-refractivity contribution in [3.05, 3.63) is 43.1 Å². The van der Waals surface area contributed by atoms with Crippen molar-refractivity contribution >= 4 is 44.5 Å². The fraction of sp³-hybridized carbons (Fsp3) is 0.583. The van der Waals surface area contributed by atoms with Gasteiger partial charge in [0, 0.05) is 30.0 Å². The summed E-state index contributed by atoms with van der Waals surface area (Å²) in [6.45, 7) is 9.26. The third-order valence-corrected chi connectivity index (χ3v) is 12.2. The molecular formula is C36H48N6O8S. The molecule has 4 N–H and O–H groups in total. The highest BCUT2D eigenvalue weighted by molar-refractivity contribution is 7.91. The Bertz CT molecular complexity index is 1820. The first-order valence-electron chi connectivity index (χ1n) is 17.6. The van der Waals surface area contributed by atoms with E-state index in [1.807, 2.05) is 39.0 Å². The molecule has 14 nitrogen and oxygen atoms in total. The minimum absolute atomic E-state index is 0.0101. The van der Waals surface area contributed by atoms with Gasteiger partial charge in [-0.2, -0.15) is 0 Å². The maximum Gasteiger partial charge on any atom is 0.315 e. The number of nitrogens with zero attached hydrogens (tertiary/aromatic N) is 2. The van der Waals surface area contributed by atoms with Gasteiger partial charge in [-0.25, -0.2) is 18.2 Å². The molecule has 6 rings (SSSR count). The second-order valence-electron chi connectivity index (χ2n) is 15.3. The maximum absolute atomic E-state index is 14.5. The Labute approximate surface area is 298 Å². The third-order valence-electron chi connectivity index (χ3n) is 10.4. The lowest BCUT2D eigenvalue weighted by atomic mass is 9.85. The molecule has 0 radical (unpaired) electrons. The van der Waals surface area contributed by atoms with Crippen LogP contribution in [0.15, 0.2) is 43.1 Å². The zero-order valence-corrected chi connectivity index (χ0v) is 30.4. The second kappa shape index (κ2) is 14.0. The van der Waals surface area contributed by atoms with E-state index in [1.54, 1.807) is 19.4 Å². The van der Waals surface area contributed by atoms with Crippen molar-refractivity contribution < 1.29 is 37.1 Å². The summed E-state index contributed by atoms with van der Waals surface area (Å²) in [5, 5.41) is 9.56. The molecule has 5 amide bonds. The number of benzene rings is 1. The number of fused-ring (bicyclic) bond motifs is 1. The van der Waals surface area contributed by atoms with Gasteiger partial charge >= 0.3 is 6.03 Å². The number of likely N-dealkylation sites (tertiary alicyclic amines) is 1. The standard InChI is InChI=1S/C36H48N6O8S/c1-6-22-19-36(22,33(45)41-51(47,48)26-12-13-26)40-30(43)28-18-25(50-31-27-14-11-24(49-5)17-21(27)15-16-37-31)20-42(28)32(44)29(35(2,3)4)39-34(46)38-23-9-7-8-10-23/h6,11,14-17,22-23,25-26,28-29H,1,7-10,12-13,18-20H2,2-5H3,(H,40,43)(H,41,45)(H2,38,39,46)/t22-,25?,28+,29-,36-/m1/s1. The Balaban J connectivity index is 1.27. The topological polar surface area (TPSA) is 185 Å². The zero-order valence-electron chi connectivity index (χ0n) is 29.6. The summed E-state index contributed by atoms with van der Waals surface area (Å²) in [5.41, 5.74) is -2.28. The number of nitrogens with one attached hydrogen (secondary N) is 4. The van der Waals surface area contributed by atoms with Gasteiger partial charge in [0.1, 0.15) is 29.5 Å². The van der Waals surface area contributed by atoms with Crippen molar-refractivity contribution in [2.45, 2.75) is 107 Å². The van der Waals surface area contributed by atoms with Crippen molar-refractivity contribution in [3.8, 4) is 11.6 Å². The molecular weight excluding hydrogens is 676 g/mol. The largest absolute Gasteiger partial charge is 0.497 e. The van der Waals surface area contributed by atoms with Crippen LogP contribution in [0.25, 0.3) is 10.8 Å². The van der Waals surface area contributed by atoms with Crippen LogP contribution < -0.4 is 30.1 Å². The van der Waals surface area contributed by atoms with E-state index in [0.29, 0.717) is 29.9 Å². The first kappa shape index (κ1) is 36.4. The Morgan fingerprint density at radius 3 is 2.45 bits per heavy atom. The molecule has 4 aliphatic rings. The van der Waals surface area contributed by atoms with Crippen molar-refractivity contribution in [1.29, 1.82) is 0 Å². The predicted molar refractivity (Wildman–Crippen MR) is 189 cm³/mol. The smallest absolute Gasteiger partial charge is 0.315 e. The van der Waals surface area contributed by atoms with E-state index in [2.05, 4.69) is 32.2 Å². The maximum atomic E-state index is 14.5. The molecule has 3 saturated carbocycles. The Morgan fingerprint density at radius 2 is 1.82 bits per heavy atom. The number of ether oxygens (including phenoxy) is 2. The molecule has 3 aliphatic carbocycles. The van der Waals surface area contributed by atoms with E-state index < -0.39 is 74.1 Å². The molecule has 4 fully saturated rings. The summed E-state index contributed by atoms with van der Waals surface area (Å²) in [4.78, 5) is 61.2. The highest BCUT2D eigenvalue weighted by atomic mass is 32.2. The molecule has 276 valence electrons. The monoisotopic (exact) mass is 724 g/mol. The van der Waals surface area contributed by atoms with Crippen LogP contribution in [-0.4, -0.2) is 90.7 Å². The number of hydrogen-bond donors (Lipinski definition) is 4. The molecule has 2 aromatic rings. The van der Waals surface area contributed by atoms with Gasteiger partial charge in [0.25, 0.3) is 5.91 Å². The van der Waals surface area contributed by atoms with Crippen LogP contribution in [0.4, 0.5) is 4.79 Å². The van der Waals surface area contributed by atoms with Crippen LogP contribution in [0.3, 0.4) is 0 Å². The molecule has 1 unspecified atom stereocenters. The number of methoxy groups -OCH3 is 1. The number of pyridine rings is 1. The molecule has 2 heterocycles. The van der Waals surface area contributed by atoms with Gasteiger partial charge in [-0.15, -0.1) is 6.58 Å². The van der Waals surface area contributed by atoms with Crippen LogP contribution >= 0.6 is 0 Å². The summed E-state index contributed by atoms with van der Waals surface area (Å²) < 4.78 is 39.3. The van der Waals surface area contributed by atoms with E-state index in [9.17, 15) is 27.6 Å². The highest BCUT2D eigenvalue weighted by Crippen LogP contribution is 2.45. The number of carbonyl (C=O) groups is 4. The number of amides is 5. The van der Waals surface area contributed by atoms with Gasteiger partial charge in [0.15, 0.2) is 0 Å². The molecule has 0 bridgehead atoms. The lowest BCUT2D eigenvalue weighted by Gasteiger charge is -2.35. The van der Waals surface area contributed by atoms with Gasteiger partial charge in [0.05, 0.1) is 18.9 Å². The molecule has 0 spiro atoms. The highest BCUT2D eigenvalue weighted by Gasteiger charge is 2.62. The molecule has 1 aromatic heterocycles. The number of urea groups is 1. The fourth-order valence-electron chi connectivity index (χ4n) is 7.14. The van der Waals surface area contributed by atoms with E-state index in [-0.39, 0.29) is 25.4 Å². The molecule has 1 aliphatic heterocycles.